The van der Waals surface area contributed by atoms with Gasteiger partial charge in [0, 0.05) is 29.2 Å². The van der Waals surface area contributed by atoms with Crippen LogP contribution >= 0.6 is 11.8 Å². The van der Waals surface area contributed by atoms with Gasteiger partial charge < -0.3 is 29.3 Å². The molecule has 6 atom stereocenters. The van der Waals surface area contributed by atoms with E-state index in [0.29, 0.717) is 42.3 Å². The topological polar surface area (TPSA) is 99.6 Å². The first-order valence-corrected chi connectivity index (χ1v) is 17.2. The number of anilines is 2. The third kappa shape index (κ3) is 5.84. The molecule has 9 nitrogen and oxygen atoms in total. The fourth-order valence-corrected chi connectivity index (χ4v) is 10.2. The number of hydrogen-bond acceptors (Lipinski definition) is 7. The number of thioether (sulfide) groups is 1. The number of amides is 3. The molecule has 2 unspecified atom stereocenters. The van der Waals surface area contributed by atoms with Gasteiger partial charge in [-0.3, -0.25) is 14.4 Å². The summed E-state index contributed by atoms with van der Waals surface area (Å²) in [5.41, 5.74) is 1.34. The Morgan fingerprint density at radius 3 is 2.04 bits per heavy atom. The number of aliphatic hydroxyl groups excluding tert-OH is 1. The summed E-state index contributed by atoms with van der Waals surface area (Å²) in [7, 11) is 1.59. The zero-order chi connectivity index (χ0) is 34.1. The van der Waals surface area contributed by atoms with Crippen LogP contribution in [0.3, 0.4) is 0 Å². The van der Waals surface area contributed by atoms with E-state index < -0.39 is 33.4 Å². The summed E-state index contributed by atoms with van der Waals surface area (Å²) in [5, 5.41) is 10.7. The van der Waals surface area contributed by atoms with Crippen LogP contribution in [0.2, 0.25) is 0 Å². The zero-order valence-electron chi connectivity index (χ0n) is 28.1. The number of carbonyl (C=O) groups excluding carboxylic acids is 3. The van der Waals surface area contributed by atoms with E-state index in [0.717, 1.165) is 0 Å². The molecule has 1 N–H and O–H groups in total. The van der Waals surface area contributed by atoms with Gasteiger partial charge in [0.25, 0.3) is 5.91 Å². The molecule has 3 heterocycles. The van der Waals surface area contributed by atoms with E-state index in [1.165, 1.54) is 0 Å². The smallest absolute Gasteiger partial charge is 0.251 e. The van der Waals surface area contributed by atoms with Crippen LogP contribution in [-0.2, 0) is 14.4 Å². The van der Waals surface area contributed by atoms with Gasteiger partial charge in [0.05, 0.1) is 42.9 Å². The monoisotopic (exact) mass is 661 g/mol. The predicted molar refractivity (Wildman–Crippen MR) is 187 cm³/mol. The van der Waals surface area contributed by atoms with E-state index in [2.05, 4.69) is 20.1 Å². The average Bonchev–Trinajstić information content (AvgIpc) is 3.63. The van der Waals surface area contributed by atoms with Gasteiger partial charge in [0.15, 0.2) is 0 Å². The minimum Gasteiger partial charge on any atom is -0.497 e. The maximum absolute atomic E-state index is 15.0. The van der Waals surface area contributed by atoms with E-state index in [1.54, 1.807) is 57.9 Å². The van der Waals surface area contributed by atoms with Gasteiger partial charge in [-0.15, -0.1) is 24.9 Å². The number of carbonyl (C=O) groups is 3. The summed E-state index contributed by atoms with van der Waals surface area (Å²) in [6, 6.07) is 13.1. The Morgan fingerprint density at radius 1 is 1.00 bits per heavy atom. The predicted octanol–water partition coefficient (Wildman–Crippen LogP) is 5.33. The Morgan fingerprint density at radius 2 is 1.55 bits per heavy atom. The number of benzene rings is 2. The molecule has 3 amide bonds. The maximum atomic E-state index is 15.0. The van der Waals surface area contributed by atoms with Crippen molar-refractivity contribution in [3.63, 3.8) is 0 Å². The van der Waals surface area contributed by atoms with Crippen molar-refractivity contribution in [2.24, 2.45) is 17.8 Å². The van der Waals surface area contributed by atoms with Crippen molar-refractivity contribution in [1.82, 2.24) is 4.90 Å². The van der Waals surface area contributed by atoms with E-state index in [1.807, 2.05) is 57.2 Å². The molecule has 0 aromatic heterocycles. The highest BCUT2D eigenvalue weighted by molar-refractivity contribution is 8.02. The second-order valence-corrected chi connectivity index (χ2v) is 15.0. The molecule has 0 radical (unpaired) electrons. The summed E-state index contributed by atoms with van der Waals surface area (Å²) in [5.74, 6) is -0.842. The minimum atomic E-state index is -0.885. The minimum absolute atomic E-state index is 0.128. The third-order valence-corrected chi connectivity index (χ3v) is 12.0. The van der Waals surface area contributed by atoms with Crippen LogP contribution in [0.1, 0.15) is 40.5 Å². The number of rotatable bonds is 14. The van der Waals surface area contributed by atoms with E-state index in [-0.39, 0.29) is 43.3 Å². The Labute approximate surface area is 282 Å². The second kappa shape index (κ2) is 13.8. The molecule has 47 heavy (non-hydrogen) atoms. The molecular weight excluding hydrogens is 614 g/mol. The van der Waals surface area contributed by atoms with Gasteiger partial charge in [-0.1, -0.05) is 26.0 Å². The first-order chi connectivity index (χ1) is 22.5. The zero-order valence-corrected chi connectivity index (χ0v) is 28.9. The number of nitrogens with zero attached hydrogens (tertiary/aromatic N) is 3. The number of hydrogen-bond donors (Lipinski definition) is 1. The standard InChI is InChI=1S/C37H47N3O6S/c1-8-21-38(25-13-17-28(18-14-25)46-10-3)33(42)30-31-34(43)40(29(23-41)24(4)5)32(37(31)20-19-36(30,6)47-37)35(44)39(22-9-2)26-11-15-27(45-7)16-12-26/h8-9,11-18,24,29-32,41H,1-2,10,19-23H2,3-7H3/t29-,30+,31-,32?,36-,37?/m0/s1. The van der Waals surface area contributed by atoms with Crippen LogP contribution in [0.25, 0.3) is 0 Å². The Balaban J connectivity index is 1.60. The number of methoxy groups -OCH3 is 1. The van der Waals surface area contributed by atoms with Crippen molar-refractivity contribution < 1.29 is 29.0 Å². The van der Waals surface area contributed by atoms with Crippen LogP contribution in [0, 0.1) is 17.8 Å². The number of fused-ring (bicyclic) bond motifs is 1. The van der Waals surface area contributed by atoms with Crippen LogP contribution < -0.4 is 19.3 Å². The number of likely N-dealkylation sites (tertiary alicyclic amines) is 1. The highest BCUT2D eigenvalue weighted by Crippen LogP contribution is 2.72. The first kappa shape index (κ1) is 34.6. The molecule has 2 aromatic rings. The Bertz CT molecular complexity index is 1500. The molecule has 2 aromatic carbocycles. The van der Waals surface area contributed by atoms with Crippen molar-refractivity contribution >= 4 is 40.9 Å². The van der Waals surface area contributed by atoms with Gasteiger partial charge in [-0.25, -0.2) is 0 Å². The molecular formula is C37H47N3O6S. The Hall–Kier alpha value is -3.76. The summed E-state index contributed by atoms with van der Waals surface area (Å²) < 4.78 is 9.54. The number of aliphatic hydroxyl groups is 1. The molecule has 2 bridgehead atoms. The summed E-state index contributed by atoms with van der Waals surface area (Å²) in [6.45, 7) is 16.4. The molecule has 0 saturated carbocycles. The van der Waals surface area contributed by atoms with Gasteiger partial charge in [0.2, 0.25) is 11.8 Å². The molecule has 3 aliphatic rings. The average molecular weight is 662 g/mol. The normalized spacial score (nSPS) is 26.6. The first-order valence-electron chi connectivity index (χ1n) is 16.4. The van der Waals surface area contributed by atoms with Crippen LogP contribution in [0.5, 0.6) is 11.5 Å². The third-order valence-electron chi connectivity index (χ3n) is 10.0. The van der Waals surface area contributed by atoms with Crippen LogP contribution in [0.4, 0.5) is 11.4 Å². The molecule has 1 spiro atoms. The van der Waals surface area contributed by atoms with Gasteiger partial charge in [-0.05, 0) is 81.1 Å². The van der Waals surface area contributed by atoms with E-state index in [4.69, 9.17) is 9.47 Å². The molecule has 5 rings (SSSR count). The van der Waals surface area contributed by atoms with Gasteiger partial charge in [-0.2, -0.15) is 0 Å². The highest BCUT2D eigenvalue weighted by Gasteiger charge is 2.78. The lowest BCUT2D eigenvalue weighted by atomic mass is 9.66. The molecule has 10 heteroatoms. The maximum Gasteiger partial charge on any atom is 0.251 e. The van der Waals surface area contributed by atoms with Crippen LogP contribution in [-0.4, -0.2) is 82.7 Å². The second-order valence-electron chi connectivity index (χ2n) is 13.1. The molecule has 0 aliphatic carbocycles. The molecule has 252 valence electrons. The lowest BCUT2D eigenvalue weighted by Crippen LogP contribution is -2.58. The molecule has 3 aliphatic heterocycles. The largest absolute Gasteiger partial charge is 0.497 e. The number of ether oxygens (including phenoxy) is 2. The molecule has 3 saturated heterocycles. The fourth-order valence-electron chi connectivity index (χ4n) is 7.87. The summed E-state index contributed by atoms with van der Waals surface area (Å²) in [4.78, 5) is 49.6. The fraction of sp³-hybridized carbons (Fsp3) is 0.486. The van der Waals surface area contributed by atoms with Crippen molar-refractivity contribution in [3.8, 4) is 11.5 Å². The van der Waals surface area contributed by atoms with E-state index in [9.17, 15) is 19.5 Å². The quantitative estimate of drug-likeness (QED) is 0.273. The Kier molecular flexibility index (Phi) is 10.1. The van der Waals surface area contributed by atoms with Gasteiger partial charge in [0.1, 0.15) is 17.5 Å². The lowest BCUT2D eigenvalue weighted by molar-refractivity contribution is -0.143. The van der Waals surface area contributed by atoms with Crippen molar-refractivity contribution in [2.45, 2.75) is 62.1 Å². The van der Waals surface area contributed by atoms with E-state index >= 15 is 0 Å². The van der Waals surface area contributed by atoms with Crippen molar-refractivity contribution in [3.05, 3.63) is 73.8 Å². The summed E-state index contributed by atoms with van der Waals surface area (Å²) >= 11 is 1.62. The summed E-state index contributed by atoms with van der Waals surface area (Å²) in [6.07, 6.45) is 4.63. The SMILES string of the molecule is C=CCN(C(=O)C1N([C@@H](CO)C(C)C)C(=O)[C@@H]2[C@H](C(=O)N(CC=C)c3ccc(OCC)cc3)[C@]3(C)CCC12S3)c1ccc(OC)cc1. The molecule has 3 fully saturated rings. The van der Waals surface area contributed by atoms with Crippen molar-refractivity contribution in [2.75, 3.05) is 43.2 Å². The van der Waals surface area contributed by atoms with Crippen molar-refractivity contribution in [1.29, 1.82) is 0 Å². The van der Waals surface area contributed by atoms with Gasteiger partial charge >= 0.3 is 0 Å². The van der Waals surface area contributed by atoms with Crippen LogP contribution in [0.15, 0.2) is 73.8 Å². The highest BCUT2D eigenvalue weighted by atomic mass is 32.2. The lowest BCUT2D eigenvalue weighted by Gasteiger charge is -2.40.